The molecular weight excluding hydrogens is 344 g/mol. The Bertz CT molecular complexity index is 761. The maximum Gasteiger partial charge on any atom is 0.308 e. The van der Waals surface area contributed by atoms with Crippen LogP contribution in [0.4, 0.5) is 0 Å². The molecule has 0 radical (unpaired) electrons. The van der Waals surface area contributed by atoms with Gasteiger partial charge in [0.25, 0.3) is 0 Å². The summed E-state index contributed by atoms with van der Waals surface area (Å²) in [5, 5.41) is 0. The number of carbonyl (C=O) groups is 4. The zero-order valence-corrected chi connectivity index (χ0v) is 15.2. The number of carbonyl (C=O) groups excluding carboxylic acids is 4. The Morgan fingerprint density at radius 3 is 1.85 bits per heavy atom. The van der Waals surface area contributed by atoms with Crippen molar-refractivity contribution in [3.05, 3.63) is 23.3 Å². The smallest absolute Gasteiger partial charge is 0.308 e. The molecule has 0 saturated carbocycles. The quantitative estimate of drug-likeness (QED) is 0.560. The lowest BCUT2D eigenvalue weighted by Gasteiger charge is -2.18. The molecule has 1 rings (SSSR count). The fourth-order valence-electron chi connectivity index (χ4n) is 2.07. The largest absolute Gasteiger partial charge is 0.461 e. The van der Waals surface area contributed by atoms with Gasteiger partial charge in [0.1, 0.15) is 12.4 Å². The predicted molar refractivity (Wildman–Crippen MR) is 90.5 cm³/mol. The van der Waals surface area contributed by atoms with Gasteiger partial charge in [-0.15, -0.1) is 0 Å². The molecular formula is C18H20O8. The van der Waals surface area contributed by atoms with E-state index in [1.54, 1.807) is 19.1 Å². The molecule has 0 N–H and O–H groups in total. The fraction of sp³-hybridized carbons (Fsp3) is 0.333. The van der Waals surface area contributed by atoms with Crippen molar-refractivity contribution < 1.29 is 38.1 Å². The third kappa shape index (κ3) is 6.04. The zero-order valence-electron chi connectivity index (χ0n) is 15.2. The molecule has 0 atom stereocenters. The molecule has 8 heteroatoms. The normalized spacial score (nSPS) is 10.3. The summed E-state index contributed by atoms with van der Waals surface area (Å²) in [5.74, 6) is -2.64. The van der Waals surface area contributed by atoms with Gasteiger partial charge in [-0.2, -0.15) is 0 Å². The van der Waals surface area contributed by atoms with Crippen molar-refractivity contribution in [2.24, 2.45) is 0 Å². The van der Waals surface area contributed by atoms with Crippen LogP contribution in [0, 0.1) is 0 Å². The Hall–Kier alpha value is -3.16. The van der Waals surface area contributed by atoms with Gasteiger partial charge in [-0.25, -0.2) is 0 Å². The van der Waals surface area contributed by atoms with E-state index in [4.69, 9.17) is 18.9 Å². The van der Waals surface area contributed by atoms with E-state index in [9.17, 15) is 19.2 Å². The van der Waals surface area contributed by atoms with Gasteiger partial charge in [0.05, 0.1) is 0 Å². The minimum absolute atomic E-state index is 0.0130. The number of hydrogen-bond donors (Lipinski definition) is 0. The first-order chi connectivity index (χ1) is 12.1. The number of esters is 4. The minimum atomic E-state index is -0.661. The summed E-state index contributed by atoms with van der Waals surface area (Å²) in [6.45, 7) is 6.23. The summed E-state index contributed by atoms with van der Waals surface area (Å²) >= 11 is 0. The minimum Gasteiger partial charge on any atom is -0.461 e. The molecule has 1 aromatic carbocycles. The predicted octanol–water partition coefficient (Wildman–Crippen LogP) is 2.56. The summed E-state index contributed by atoms with van der Waals surface area (Å²) in [6, 6.07) is 1.23. The van der Waals surface area contributed by atoms with Gasteiger partial charge in [0.15, 0.2) is 11.5 Å². The molecule has 0 aliphatic carbocycles. The molecule has 0 heterocycles. The van der Waals surface area contributed by atoms with Gasteiger partial charge >= 0.3 is 23.9 Å². The molecule has 26 heavy (non-hydrogen) atoms. The highest BCUT2D eigenvalue weighted by Crippen LogP contribution is 2.41. The molecule has 0 spiro atoms. The van der Waals surface area contributed by atoms with E-state index in [2.05, 4.69) is 0 Å². The molecule has 0 unspecified atom stereocenters. The number of rotatable bonds is 6. The first kappa shape index (κ1) is 20.9. The molecule has 0 saturated heterocycles. The maximum absolute atomic E-state index is 11.5. The van der Waals surface area contributed by atoms with Crippen LogP contribution in [0.1, 0.15) is 45.7 Å². The van der Waals surface area contributed by atoms with Gasteiger partial charge in [0, 0.05) is 44.9 Å². The SMILES string of the molecule is C/C=C/c1c(COC(C)=O)c(OC(C)=O)cc(OC(C)=O)c1OC(C)=O. The van der Waals surface area contributed by atoms with E-state index in [1.165, 1.54) is 33.8 Å². The van der Waals surface area contributed by atoms with Crippen LogP contribution in [0.25, 0.3) is 6.08 Å². The third-order valence-corrected chi connectivity index (χ3v) is 2.86. The van der Waals surface area contributed by atoms with Crippen LogP contribution in [-0.2, 0) is 30.5 Å². The second-order valence-electron chi connectivity index (χ2n) is 5.16. The maximum atomic E-state index is 11.5. The average molecular weight is 364 g/mol. The second-order valence-corrected chi connectivity index (χ2v) is 5.16. The Morgan fingerprint density at radius 2 is 1.38 bits per heavy atom. The summed E-state index contributed by atoms with van der Waals surface area (Å²) in [4.78, 5) is 45.5. The summed E-state index contributed by atoms with van der Waals surface area (Å²) < 4.78 is 20.4. The topological polar surface area (TPSA) is 105 Å². The Kier molecular flexibility index (Phi) is 7.52. The van der Waals surface area contributed by atoms with Gasteiger partial charge < -0.3 is 18.9 Å². The third-order valence-electron chi connectivity index (χ3n) is 2.86. The van der Waals surface area contributed by atoms with E-state index in [1.807, 2.05) is 0 Å². The Balaban J connectivity index is 3.73. The van der Waals surface area contributed by atoms with Crippen LogP contribution in [-0.4, -0.2) is 23.9 Å². The van der Waals surface area contributed by atoms with Crippen LogP contribution in [0.2, 0.25) is 0 Å². The highest BCUT2D eigenvalue weighted by Gasteiger charge is 2.24. The zero-order chi connectivity index (χ0) is 19.9. The molecule has 1 aromatic rings. The highest BCUT2D eigenvalue weighted by atomic mass is 16.6. The Labute approximate surface area is 150 Å². The van der Waals surface area contributed by atoms with Crippen LogP contribution >= 0.6 is 0 Å². The molecule has 0 aliphatic heterocycles. The van der Waals surface area contributed by atoms with Crippen LogP contribution < -0.4 is 14.2 Å². The highest BCUT2D eigenvalue weighted by molar-refractivity contribution is 5.80. The van der Waals surface area contributed by atoms with E-state index in [0.29, 0.717) is 0 Å². The van der Waals surface area contributed by atoms with Gasteiger partial charge in [-0.1, -0.05) is 12.2 Å². The van der Waals surface area contributed by atoms with Crippen LogP contribution in [0.5, 0.6) is 17.2 Å². The van der Waals surface area contributed by atoms with Crippen molar-refractivity contribution in [1.82, 2.24) is 0 Å². The van der Waals surface area contributed by atoms with E-state index >= 15 is 0 Å². The second kappa shape index (κ2) is 9.36. The van der Waals surface area contributed by atoms with E-state index in [0.717, 1.165) is 0 Å². The fourth-order valence-corrected chi connectivity index (χ4v) is 2.07. The molecule has 0 amide bonds. The summed E-state index contributed by atoms with van der Waals surface area (Å²) in [6.07, 6.45) is 3.19. The molecule has 140 valence electrons. The molecule has 0 fully saturated rings. The van der Waals surface area contributed by atoms with E-state index < -0.39 is 23.9 Å². The van der Waals surface area contributed by atoms with Crippen molar-refractivity contribution in [1.29, 1.82) is 0 Å². The number of benzene rings is 1. The molecule has 8 nitrogen and oxygen atoms in total. The molecule has 0 bridgehead atoms. The van der Waals surface area contributed by atoms with Crippen molar-refractivity contribution >= 4 is 30.0 Å². The molecule has 0 aliphatic rings. The lowest BCUT2D eigenvalue weighted by atomic mass is 10.0. The van der Waals surface area contributed by atoms with Crippen molar-refractivity contribution in [2.45, 2.75) is 41.2 Å². The first-order valence-corrected chi connectivity index (χ1v) is 7.66. The first-order valence-electron chi connectivity index (χ1n) is 7.66. The number of hydrogen-bond acceptors (Lipinski definition) is 8. The van der Waals surface area contributed by atoms with Crippen molar-refractivity contribution in [2.75, 3.05) is 0 Å². The van der Waals surface area contributed by atoms with Crippen LogP contribution in [0.3, 0.4) is 0 Å². The molecule has 0 aromatic heterocycles. The van der Waals surface area contributed by atoms with Gasteiger partial charge in [-0.05, 0) is 6.92 Å². The Morgan fingerprint density at radius 1 is 0.846 bits per heavy atom. The van der Waals surface area contributed by atoms with Gasteiger partial charge in [0.2, 0.25) is 0 Å². The lowest BCUT2D eigenvalue weighted by molar-refractivity contribution is -0.142. The average Bonchev–Trinajstić information content (AvgIpc) is 2.48. The summed E-state index contributed by atoms with van der Waals surface area (Å²) in [5.41, 5.74) is 0.555. The van der Waals surface area contributed by atoms with Crippen molar-refractivity contribution in [3.8, 4) is 17.2 Å². The van der Waals surface area contributed by atoms with Crippen LogP contribution in [0.15, 0.2) is 12.1 Å². The van der Waals surface area contributed by atoms with E-state index in [-0.39, 0.29) is 35.0 Å². The number of allylic oxidation sites excluding steroid dienone is 1. The van der Waals surface area contributed by atoms with Gasteiger partial charge in [-0.3, -0.25) is 19.2 Å². The van der Waals surface area contributed by atoms with Crippen molar-refractivity contribution in [3.63, 3.8) is 0 Å². The number of ether oxygens (including phenoxy) is 4. The standard InChI is InChI=1S/C18H20O8/c1-6-7-14-15(9-23-10(2)19)16(24-11(3)20)8-17(25-12(4)21)18(14)26-13(5)22/h6-8H,9H2,1-5H3/b7-6+. The monoisotopic (exact) mass is 364 g/mol. The summed E-state index contributed by atoms with van der Waals surface area (Å²) in [7, 11) is 0. The lowest BCUT2D eigenvalue weighted by Crippen LogP contribution is -2.13.